The predicted octanol–water partition coefficient (Wildman–Crippen LogP) is 5.71. The second kappa shape index (κ2) is 14.8. The molecule has 13 heteroatoms. The van der Waals surface area contributed by atoms with Gasteiger partial charge in [-0.2, -0.15) is 4.39 Å². The summed E-state index contributed by atoms with van der Waals surface area (Å²) in [6.45, 7) is -0.0805. The first-order chi connectivity index (χ1) is 24.1. The molecular formula is C37H38F3N3O7. The predicted molar refractivity (Wildman–Crippen MR) is 176 cm³/mol. The number of carbonyl (C=O) groups excluding carboxylic acids is 1. The lowest BCUT2D eigenvalue weighted by molar-refractivity contribution is -0.129. The monoisotopic (exact) mass is 693 g/mol. The number of aliphatic hydroxyl groups is 1. The van der Waals surface area contributed by atoms with Gasteiger partial charge in [-0.15, -0.1) is 0 Å². The molecule has 6 rings (SSSR count). The van der Waals surface area contributed by atoms with Crippen molar-refractivity contribution in [1.29, 1.82) is 0 Å². The Kier molecular flexibility index (Phi) is 10.3. The third-order valence-electron chi connectivity index (χ3n) is 9.62. The molecule has 3 amide bonds. The largest absolute Gasteiger partial charge is 0.488 e. The van der Waals surface area contributed by atoms with Gasteiger partial charge in [0.25, 0.3) is 5.91 Å². The molecule has 0 radical (unpaired) electrons. The van der Waals surface area contributed by atoms with Crippen molar-refractivity contribution in [2.24, 2.45) is 0 Å². The van der Waals surface area contributed by atoms with Crippen molar-refractivity contribution >= 4 is 23.7 Å². The first kappa shape index (κ1) is 34.8. The minimum absolute atomic E-state index is 0.0332. The van der Waals surface area contributed by atoms with Crippen molar-refractivity contribution in [3.8, 4) is 5.75 Å². The Morgan fingerprint density at radius 2 is 1.56 bits per heavy atom. The Bertz CT molecular complexity index is 1800. The van der Waals surface area contributed by atoms with Crippen molar-refractivity contribution < 1.29 is 47.6 Å². The molecule has 264 valence electrons. The molecule has 2 atom stereocenters. The maximum atomic E-state index is 14.8. The van der Waals surface area contributed by atoms with Crippen LogP contribution in [0.1, 0.15) is 47.9 Å². The number of rotatable bonds is 12. The van der Waals surface area contributed by atoms with Crippen LogP contribution in [0.5, 0.6) is 5.75 Å². The van der Waals surface area contributed by atoms with E-state index < -0.39 is 47.5 Å². The summed E-state index contributed by atoms with van der Waals surface area (Å²) in [5.74, 6) is -4.69. The fourth-order valence-corrected chi connectivity index (χ4v) is 7.03. The molecule has 3 N–H and O–H groups in total. The van der Waals surface area contributed by atoms with Gasteiger partial charge in [0.1, 0.15) is 0 Å². The average molecular weight is 694 g/mol. The lowest BCUT2D eigenvalue weighted by Crippen LogP contribution is -2.65. The molecule has 2 fully saturated rings. The van der Waals surface area contributed by atoms with Crippen LogP contribution in [0.25, 0.3) is 5.57 Å². The number of benzene rings is 3. The molecule has 1 aliphatic carbocycles. The van der Waals surface area contributed by atoms with Crippen LogP contribution < -0.4 is 4.74 Å². The minimum atomic E-state index is -1.38. The van der Waals surface area contributed by atoms with Crippen LogP contribution in [0.4, 0.5) is 22.8 Å². The molecule has 50 heavy (non-hydrogen) atoms. The smallest absolute Gasteiger partial charge is 0.408 e. The van der Waals surface area contributed by atoms with Gasteiger partial charge in [-0.25, -0.2) is 18.4 Å². The Labute approximate surface area is 287 Å². The minimum Gasteiger partial charge on any atom is -0.488 e. The number of fused-ring (bicyclic) bond motifs is 2. The van der Waals surface area contributed by atoms with E-state index in [0.29, 0.717) is 36.5 Å². The van der Waals surface area contributed by atoms with Crippen molar-refractivity contribution in [3.63, 3.8) is 0 Å². The van der Waals surface area contributed by atoms with E-state index in [1.54, 1.807) is 4.90 Å². The second-order valence-electron chi connectivity index (χ2n) is 12.9. The molecule has 0 spiro atoms. The number of amides is 3. The molecule has 2 bridgehead atoms. The van der Waals surface area contributed by atoms with Gasteiger partial charge in [0.15, 0.2) is 17.4 Å². The van der Waals surface area contributed by atoms with Gasteiger partial charge in [-0.05, 0) is 78.5 Å². The number of piperazine rings is 1. The molecule has 3 aliphatic rings. The quantitative estimate of drug-likeness (QED) is 0.164. The average Bonchev–Trinajstić information content (AvgIpc) is 3.94. The van der Waals surface area contributed by atoms with Crippen LogP contribution in [0.2, 0.25) is 0 Å². The highest BCUT2D eigenvalue weighted by Crippen LogP contribution is 2.41. The van der Waals surface area contributed by atoms with E-state index in [2.05, 4.69) is 0 Å². The van der Waals surface area contributed by atoms with Gasteiger partial charge in [-0.3, -0.25) is 9.69 Å². The summed E-state index contributed by atoms with van der Waals surface area (Å²) in [5, 5.41) is 29.8. The van der Waals surface area contributed by atoms with Crippen molar-refractivity contribution in [2.75, 3.05) is 26.3 Å². The summed E-state index contributed by atoms with van der Waals surface area (Å²) in [6.07, 6.45) is 0.541. The third-order valence-corrected chi connectivity index (χ3v) is 9.62. The summed E-state index contributed by atoms with van der Waals surface area (Å²) < 4.78 is 46.6. The van der Waals surface area contributed by atoms with E-state index in [1.165, 1.54) is 9.80 Å². The number of carboxylic acid groups (broad SMARTS) is 2. The fourth-order valence-electron chi connectivity index (χ4n) is 7.03. The molecule has 3 aromatic carbocycles. The first-order valence-corrected chi connectivity index (χ1v) is 16.6. The number of hydrogen-bond acceptors (Lipinski definition) is 5. The van der Waals surface area contributed by atoms with E-state index in [1.807, 2.05) is 48.5 Å². The summed E-state index contributed by atoms with van der Waals surface area (Å²) in [7, 11) is 0. The van der Waals surface area contributed by atoms with Gasteiger partial charge >= 0.3 is 12.2 Å². The third kappa shape index (κ3) is 7.28. The van der Waals surface area contributed by atoms with Gasteiger partial charge < -0.3 is 29.9 Å². The molecule has 2 unspecified atom stereocenters. The van der Waals surface area contributed by atoms with Gasteiger partial charge in [0.05, 0.1) is 18.7 Å². The zero-order valence-electron chi connectivity index (χ0n) is 27.2. The van der Waals surface area contributed by atoms with E-state index >= 15 is 0 Å². The Hall–Kier alpha value is -5.04. The number of nitrogens with zero attached hydrogens (tertiary/aromatic N) is 3. The standard InChI is InChI=1S/C37H38F3N3O7/c38-29-13-14-30(39)34(33(29)40)50-17-3-4-22-7-9-24(10-8-22)28-18-27-20-41(36(46)47)21-31(43(27)37(48)49)32(28)35(45)42(26-11-12-26)19-25-6-2-1-5-23(25)15-16-44/h1-2,5-10,13-14,26-27,31,44H,3-4,11-12,15-21H2,(H,46,47)(H,48,49). The van der Waals surface area contributed by atoms with E-state index in [9.17, 15) is 42.9 Å². The molecule has 2 aliphatic heterocycles. The summed E-state index contributed by atoms with van der Waals surface area (Å²) >= 11 is 0. The topological polar surface area (TPSA) is 131 Å². The molecule has 1 saturated heterocycles. The molecular weight excluding hydrogens is 655 g/mol. The highest BCUT2D eigenvalue weighted by Gasteiger charge is 2.49. The van der Waals surface area contributed by atoms with Crippen molar-refractivity contribution in [2.45, 2.75) is 63.2 Å². The normalized spacial score (nSPS) is 18.6. The Balaban J connectivity index is 1.30. The zero-order chi connectivity index (χ0) is 35.5. The first-order valence-electron chi connectivity index (χ1n) is 16.6. The van der Waals surface area contributed by atoms with Crippen LogP contribution in [0.15, 0.2) is 66.2 Å². The van der Waals surface area contributed by atoms with Gasteiger partial charge in [-0.1, -0.05) is 48.5 Å². The van der Waals surface area contributed by atoms with Crippen LogP contribution in [0, 0.1) is 17.5 Å². The van der Waals surface area contributed by atoms with Crippen LogP contribution >= 0.6 is 0 Å². The second-order valence-corrected chi connectivity index (χ2v) is 12.9. The Morgan fingerprint density at radius 1 is 0.860 bits per heavy atom. The number of ether oxygens (including phenoxy) is 1. The number of hydrogen-bond donors (Lipinski definition) is 3. The SMILES string of the molecule is O=C(O)N1CC2CC(c3ccc(CCCOc4c(F)ccc(F)c4F)cc3)=C(C(=O)N(Cc3ccccc3CCO)C3CC3)C(C1)N2C(=O)O. The van der Waals surface area contributed by atoms with E-state index in [-0.39, 0.29) is 56.8 Å². The zero-order valence-corrected chi connectivity index (χ0v) is 27.2. The number of halogens is 3. The summed E-state index contributed by atoms with van der Waals surface area (Å²) in [4.78, 5) is 43.6. The van der Waals surface area contributed by atoms with Crippen LogP contribution in [0.3, 0.4) is 0 Å². The number of aryl methyl sites for hydroxylation is 1. The summed E-state index contributed by atoms with van der Waals surface area (Å²) in [5.41, 5.74) is 4.26. The summed E-state index contributed by atoms with van der Waals surface area (Å²) in [6, 6.07) is 14.6. The van der Waals surface area contributed by atoms with Gasteiger partial charge in [0.2, 0.25) is 5.82 Å². The fraction of sp³-hybridized carbons (Fsp3) is 0.378. The van der Waals surface area contributed by atoms with Crippen molar-refractivity contribution in [1.82, 2.24) is 14.7 Å². The number of carbonyl (C=O) groups is 3. The molecule has 2 heterocycles. The molecule has 3 aromatic rings. The number of aliphatic hydroxyl groups excluding tert-OH is 1. The maximum absolute atomic E-state index is 14.8. The Morgan fingerprint density at radius 3 is 2.22 bits per heavy atom. The molecule has 10 nitrogen and oxygen atoms in total. The molecule has 0 aromatic heterocycles. The van der Waals surface area contributed by atoms with Crippen molar-refractivity contribution in [3.05, 3.63) is 106 Å². The lowest BCUT2D eigenvalue weighted by Gasteiger charge is -2.49. The molecule has 1 saturated carbocycles. The maximum Gasteiger partial charge on any atom is 0.408 e. The van der Waals surface area contributed by atoms with Gasteiger partial charge in [0, 0.05) is 37.9 Å². The van der Waals surface area contributed by atoms with Crippen LogP contribution in [-0.2, 0) is 24.2 Å². The van der Waals surface area contributed by atoms with E-state index in [0.717, 1.165) is 35.6 Å². The van der Waals surface area contributed by atoms with Crippen LogP contribution in [-0.4, -0.2) is 92.5 Å². The lowest BCUT2D eigenvalue weighted by atomic mass is 9.81. The van der Waals surface area contributed by atoms with E-state index in [4.69, 9.17) is 4.74 Å². The highest BCUT2D eigenvalue weighted by atomic mass is 19.2. The highest BCUT2D eigenvalue weighted by molar-refractivity contribution is 6.04.